The van der Waals surface area contributed by atoms with Gasteiger partial charge in [-0.2, -0.15) is 0 Å². The molecule has 4 heteroatoms. The molecule has 2 aromatic rings. The Morgan fingerprint density at radius 1 is 1.00 bits per heavy atom. The van der Waals surface area contributed by atoms with Crippen LogP contribution in [0.4, 0.5) is 0 Å². The Morgan fingerprint density at radius 2 is 1.77 bits per heavy atom. The largest absolute Gasteiger partial charge is 0.490 e. The van der Waals surface area contributed by atoms with Crippen molar-refractivity contribution >= 4 is 5.97 Å². The third-order valence-electron chi connectivity index (χ3n) is 7.17. The third kappa shape index (κ3) is 5.88. The maximum Gasteiger partial charge on any atom is 0.306 e. The molecule has 2 N–H and O–H groups in total. The number of aliphatic carboxylic acids is 1. The second-order valence-electron chi connectivity index (χ2n) is 9.32. The average Bonchev–Trinajstić information content (AvgIpc) is 3.29. The van der Waals surface area contributed by atoms with E-state index >= 15 is 0 Å². The molecule has 4 nitrogen and oxygen atoms in total. The zero-order chi connectivity index (χ0) is 21.6. The van der Waals surface area contributed by atoms with Gasteiger partial charge in [0.25, 0.3) is 0 Å². The van der Waals surface area contributed by atoms with Crippen LogP contribution in [0.1, 0.15) is 63.9 Å². The van der Waals surface area contributed by atoms with Crippen LogP contribution in [0.5, 0.6) is 5.75 Å². The lowest BCUT2D eigenvalue weighted by molar-refractivity contribution is -0.141. The number of rotatable bonds is 8. The summed E-state index contributed by atoms with van der Waals surface area (Å²) in [4.78, 5) is 11.1. The summed E-state index contributed by atoms with van der Waals surface area (Å²) in [7, 11) is 0. The minimum Gasteiger partial charge on any atom is -0.490 e. The molecule has 166 valence electrons. The Morgan fingerprint density at radius 3 is 2.45 bits per heavy atom. The van der Waals surface area contributed by atoms with Crippen molar-refractivity contribution in [3.05, 3.63) is 54.1 Å². The molecule has 0 bridgehead atoms. The molecule has 0 radical (unpaired) electrons. The summed E-state index contributed by atoms with van der Waals surface area (Å²) in [5.74, 6) is 1.01. The maximum absolute atomic E-state index is 11.1. The van der Waals surface area contributed by atoms with Gasteiger partial charge in [-0.05, 0) is 85.8 Å². The van der Waals surface area contributed by atoms with Crippen molar-refractivity contribution in [3.8, 4) is 16.9 Å². The molecule has 0 aromatic heterocycles. The van der Waals surface area contributed by atoms with E-state index in [9.17, 15) is 9.90 Å². The molecule has 2 unspecified atom stereocenters. The number of hydrogen-bond donors (Lipinski definition) is 2. The summed E-state index contributed by atoms with van der Waals surface area (Å²) in [6, 6.07) is 17.4. The first-order chi connectivity index (χ1) is 15.1. The second-order valence-corrected chi connectivity index (χ2v) is 9.32. The zero-order valence-electron chi connectivity index (χ0n) is 18.6. The van der Waals surface area contributed by atoms with Crippen LogP contribution in [-0.2, 0) is 11.3 Å². The van der Waals surface area contributed by atoms with E-state index < -0.39 is 5.97 Å². The van der Waals surface area contributed by atoms with E-state index in [1.165, 1.54) is 48.8 Å². The second kappa shape index (κ2) is 10.3. The standard InChI is InChI=1S/C27H35NO3/c1-2-19-6-12-25(13-7-19)31-26-14-9-21(10-15-26)22-5-3-4-20(16-22)18-28-24-11-8-23(17-24)27(29)30/h3-5,9-10,14-16,19,23-25,28H,2,6-8,11-13,17-18H2,1H3,(H,29,30)/t19-,23?,24?,25+. The fourth-order valence-corrected chi connectivity index (χ4v) is 5.09. The molecule has 0 amide bonds. The van der Waals surface area contributed by atoms with Gasteiger partial charge in [-0.1, -0.05) is 43.7 Å². The molecule has 2 aliphatic rings. The van der Waals surface area contributed by atoms with Crippen LogP contribution in [0, 0.1) is 11.8 Å². The number of carboxylic acids is 1. The average molecular weight is 422 g/mol. The number of nitrogens with one attached hydrogen (secondary N) is 1. The number of ether oxygens (including phenoxy) is 1. The minimum atomic E-state index is -0.660. The Kier molecular flexibility index (Phi) is 7.29. The summed E-state index contributed by atoms with van der Waals surface area (Å²) in [6.07, 6.45) is 9.03. The first kappa shape index (κ1) is 21.9. The topological polar surface area (TPSA) is 58.6 Å². The van der Waals surface area contributed by atoms with Crippen molar-refractivity contribution in [3.63, 3.8) is 0 Å². The summed E-state index contributed by atoms with van der Waals surface area (Å²) >= 11 is 0. The molecule has 0 spiro atoms. The molecule has 0 saturated heterocycles. The molecular weight excluding hydrogens is 386 g/mol. The van der Waals surface area contributed by atoms with Crippen molar-refractivity contribution in [2.75, 3.05) is 0 Å². The van der Waals surface area contributed by atoms with Gasteiger partial charge < -0.3 is 15.2 Å². The highest BCUT2D eigenvalue weighted by Crippen LogP contribution is 2.31. The van der Waals surface area contributed by atoms with Crippen molar-refractivity contribution in [2.24, 2.45) is 11.8 Å². The van der Waals surface area contributed by atoms with Crippen LogP contribution in [0.3, 0.4) is 0 Å². The summed E-state index contributed by atoms with van der Waals surface area (Å²) in [5, 5.41) is 12.7. The van der Waals surface area contributed by atoms with Gasteiger partial charge in [0.05, 0.1) is 12.0 Å². The number of carboxylic acid groups (broad SMARTS) is 1. The van der Waals surface area contributed by atoms with E-state index in [1.54, 1.807) is 0 Å². The molecule has 2 aliphatic carbocycles. The Hall–Kier alpha value is -2.33. The smallest absolute Gasteiger partial charge is 0.306 e. The fraction of sp³-hybridized carbons (Fsp3) is 0.519. The van der Waals surface area contributed by atoms with Gasteiger partial charge in [0.15, 0.2) is 0 Å². The fourth-order valence-electron chi connectivity index (χ4n) is 5.09. The van der Waals surface area contributed by atoms with Crippen LogP contribution in [0.15, 0.2) is 48.5 Å². The SMILES string of the molecule is CC[C@H]1CC[C@@H](Oc2ccc(-c3cccc(CNC4CCC(C(=O)O)C4)c3)cc2)CC1. The highest BCUT2D eigenvalue weighted by molar-refractivity contribution is 5.70. The van der Waals surface area contributed by atoms with Crippen LogP contribution >= 0.6 is 0 Å². The van der Waals surface area contributed by atoms with Gasteiger partial charge in [-0.3, -0.25) is 4.79 Å². The van der Waals surface area contributed by atoms with Crippen molar-refractivity contribution < 1.29 is 14.6 Å². The van der Waals surface area contributed by atoms with E-state index in [0.717, 1.165) is 37.5 Å². The van der Waals surface area contributed by atoms with Gasteiger partial charge in [-0.15, -0.1) is 0 Å². The first-order valence-electron chi connectivity index (χ1n) is 11.9. The molecule has 2 saturated carbocycles. The highest BCUT2D eigenvalue weighted by Gasteiger charge is 2.29. The zero-order valence-corrected chi connectivity index (χ0v) is 18.6. The molecule has 2 aromatic carbocycles. The highest BCUT2D eigenvalue weighted by atomic mass is 16.5. The summed E-state index contributed by atoms with van der Waals surface area (Å²) in [6.45, 7) is 3.06. The predicted molar refractivity (Wildman–Crippen MR) is 124 cm³/mol. The first-order valence-corrected chi connectivity index (χ1v) is 11.9. The quantitative estimate of drug-likeness (QED) is 0.545. The molecule has 0 heterocycles. The molecule has 4 rings (SSSR count). The Labute approximate surface area is 186 Å². The van der Waals surface area contributed by atoms with Gasteiger partial charge in [-0.25, -0.2) is 0 Å². The monoisotopic (exact) mass is 421 g/mol. The van der Waals surface area contributed by atoms with Crippen molar-refractivity contribution in [1.29, 1.82) is 0 Å². The van der Waals surface area contributed by atoms with E-state index in [0.29, 0.717) is 12.1 Å². The van der Waals surface area contributed by atoms with Crippen LogP contribution < -0.4 is 10.1 Å². The Bertz CT molecular complexity index is 855. The molecular formula is C27H35NO3. The molecule has 31 heavy (non-hydrogen) atoms. The minimum absolute atomic E-state index is 0.189. The van der Waals surface area contributed by atoms with Gasteiger partial charge in [0.2, 0.25) is 0 Å². The van der Waals surface area contributed by atoms with E-state index in [2.05, 4.69) is 60.8 Å². The number of hydrogen-bond acceptors (Lipinski definition) is 3. The van der Waals surface area contributed by atoms with E-state index in [-0.39, 0.29) is 5.92 Å². The van der Waals surface area contributed by atoms with Gasteiger partial charge in [0, 0.05) is 12.6 Å². The van der Waals surface area contributed by atoms with Crippen LogP contribution in [-0.4, -0.2) is 23.2 Å². The van der Waals surface area contributed by atoms with Gasteiger partial charge in [0.1, 0.15) is 5.75 Å². The third-order valence-corrected chi connectivity index (χ3v) is 7.17. The molecule has 2 fully saturated rings. The van der Waals surface area contributed by atoms with Crippen LogP contribution in [0.2, 0.25) is 0 Å². The lowest BCUT2D eigenvalue weighted by Crippen LogP contribution is -2.26. The predicted octanol–water partition coefficient (Wildman–Crippen LogP) is 6.04. The van der Waals surface area contributed by atoms with Crippen molar-refractivity contribution in [2.45, 2.75) is 77.0 Å². The Balaban J connectivity index is 1.31. The maximum atomic E-state index is 11.1. The lowest BCUT2D eigenvalue weighted by Gasteiger charge is -2.28. The molecule has 0 aliphatic heterocycles. The summed E-state index contributed by atoms with van der Waals surface area (Å²) < 4.78 is 6.23. The van der Waals surface area contributed by atoms with Gasteiger partial charge >= 0.3 is 5.97 Å². The number of benzene rings is 2. The number of carbonyl (C=O) groups is 1. The van der Waals surface area contributed by atoms with Crippen LogP contribution in [0.25, 0.3) is 11.1 Å². The lowest BCUT2D eigenvalue weighted by atomic mass is 9.86. The molecule has 2 atom stereocenters. The van der Waals surface area contributed by atoms with E-state index in [1.807, 2.05) is 0 Å². The van der Waals surface area contributed by atoms with Crippen molar-refractivity contribution in [1.82, 2.24) is 5.32 Å². The van der Waals surface area contributed by atoms with E-state index in [4.69, 9.17) is 4.74 Å². The summed E-state index contributed by atoms with van der Waals surface area (Å²) in [5.41, 5.74) is 3.61. The normalized spacial score (nSPS) is 26.0.